The molecule has 0 saturated heterocycles. The molecule has 1 fully saturated rings. The van der Waals surface area contributed by atoms with Gasteiger partial charge in [0.25, 0.3) is 0 Å². The molecule has 0 radical (unpaired) electrons. The third-order valence-electron chi connectivity index (χ3n) is 3.78. The molecule has 1 N–H and O–H groups in total. The van der Waals surface area contributed by atoms with Gasteiger partial charge >= 0.3 is 0 Å². The maximum Gasteiger partial charge on any atom is 0.123 e. The molecular formula is C16H24BrNOS. The van der Waals surface area contributed by atoms with E-state index in [4.69, 9.17) is 4.74 Å². The first kappa shape index (κ1) is 16.2. The molecule has 20 heavy (non-hydrogen) atoms. The zero-order chi connectivity index (χ0) is 14.4. The van der Waals surface area contributed by atoms with Gasteiger partial charge in [-0.25, -0.2) is 0 Å². The third-order valence-corrected chi connectivity index (χ3v) is 5.37. The first-order chi connectivity index (χ1) is 9.72. The highest BCUT2D eigenvalue weighted by atomic mass is 79.9. The Balaban J connectivity index is 1.92. The number of hydrogen-bond donors (Lipinski definition) is 1. The molecule has 1 aromatic rings. The molecule has 0 bridgehead atoms. The lowest BCUT2D eigenvalue weighted by atomic mass is 10.1. The van der Waals surface area contributed by atoms with Gasteiger partial charge in [-0.1, -0.05) is 22.9 Å². The van der Waals surface area contributed by atoms with Crippen molar-refractivity contribution in [2.24, 2.45) is 0 Å². The Morgan fingerprint density at radius 3 is 2.95 bits per heavy atom. The SMILES string of the molecule is CCCOc1ccc(Br)cc1CNC1CCC(SC)C1. The second-order valence-corrected chi connectivity index (χ2v) is 7.40. The highest BCUT2D eigenvalue weighted by molar-refractivity contribution is 9.10. The Kier molecular flexibility index (Phi) is 6.72. The molecule has 2 atom stereocenters. The minimum Gasteiger partial charge on any atom is -0.493 e. The topological polar surface area (TPSA) is 21.3 Å². The summed E-state index contributed by atoms with van der Waals surface area (Å²) in [6, 6.07) is 6.94. The van der Waals surface area contributed by atoms with Crippen molar-refractivity contribution in [1.82, 2.24) is 5.32 Å². The molecule has 0 amide bonds. The number of nitrogens with one attached hydrogen (secondary N) is 1. The molecule has 1 aliphatic rings. The van der Waals surface area contributed by atoms with Gasteiger partial charge in [0.15, 0.2) is 0 Å². The quantitative estimate of drug-likeness (QED) is 0.769. The van der Waals surface area contributed by atoms with Crippen LogP contribution in [0.4, 0.5) is 0 Å². The van der Waals surface area contributed by atoms with E-state index in [2.05, 4.69) is 46.6 Å². The van der Waals surface area contributed by atoms with E-state index in [9.17, 15) is 0 Å². The zero-order valence-corrected chi connectivity index (χ0v) is 14.7. The highest BCUT2D eigenvalue weighted by Gasteiger charge is 2.23. The maximum atomic E-state index is 5.83. The van der Waals surface area contributed by atoms with Gasteiger partial charge in [0.2, 0.25) is 0 Å². The lowest BCUT2D eigenvalue weighted by Crippen LogP contribution is -2.26. The van der Waals surface area contributed by atoms with Gasteiger partial charge in [-0.3, -0.25) is 0 Å². The minimum absolute atomic E-state index is 0.658. The van der Waals surface area contributed by atoms with Gasteiger partial charge in [-0.2, -0.15) is 11.8 Å². The average molecular weight is 358 g/mol. The van der Waals surface area contributed by atoms with E-state index in [1.165, 1.54) is 24.8 Å². The second kappa shape index (κ2) is 8.30. The van der Waals surface area contributed by atoms with Crippen LogP contribution in [0.2, 0.25) is 0 Å². The molecule has 2 rings (SSSR count). The lowest BCUT2D eigenvalue weighted by Gasteiger charge is -2.16. The van der Waals surface area contributed by atoms with Crippen LogP contribution in [0, 0.1) is 0 Å². The van der Waals surface area contributed by atoms with E-state index in [-0.39, 0.29) is 0 Å². The van der Waals surface area contributed by atoms with Crippen LogP contribution >= 0.6 is 27.7 Å². The summed E-state index contributed by atoms with van der Waals surface area (Å²) in [5.41, 5.74) is 1.25. The van der Waals surface area contributed by atoms with E-state index >= 15 is 0 Å². The van der Waals surface area contributed by atoms with E-state index in [1.54, 1.807) is 0 Å². The Bertz CT molecular complexity index is 427. The van der Waals surface area contributed by atoms with Crippen molar-refractivity contribution in [3.05, 3.63) is 28.2 Å². The number of ether oxygens (including phenoxy) is 1. The number of benzene rings is 1. The fraction of sp³-hybridized carbons (Fsp3) is 0.625. The normalized spacial score (nSPS) is 22.1. The molecule has 1 saturated carbocycles. The average Bonchev–Trinajstić information content (AvgIpc) is 2.92. The van der Waals surface area contributed by atoms with Crippen LogP contribution in [-0.2, 0) is 6.54 Å². The summed E-state index contributed by atoms with van der Waals surface area (Å²) in [4.78, 5) is 0. The molecule has 2 nitrogen and oxygen atoms in total. The largest absolute Gasteiger partial charge is 0.493 e. The van der Waals surface area contributed by atoms with Crippen LogP contribution in [0.1, 0.15) is 38.2 Å². The van der Waals surface area contributed by atoms with Crippen molar-refractivity contribution < 1.29 is 4.74 Å². The Hall–Kier alpha value is -0.190. The molecule has 0 heterocycles. The van der Waals surface area contributed by atoms with E-state index in [1.807, 2.05) is 17.8 Å². The highest BCUT2D eigenvalue weighted by Crippen LogP contribution is 2.29. The summed E-state index contributed by atoms with van der Waals surface area (Å²) in [6.45, 7) is 3.81. The molecule has 1 aromatic carbocycles. The van der Waals surface area contributed by atoms with Crippen molar-refractivity contribution in [2.75, 3.05) is 12.9 Å². The van der Waals surface area contributed by atoms with Crippen molar-refractivity contribution in [3.8, 4) is 5.75 Å². The Morgan fingerprint density at radius 1 is 1.40 bits per heavy atom. The Morgan fingerprint density at radius 2 is 2.25 bits per heavy atom. The molecule has 1 aliphatic carbocycles. The Labute approximate surface area is 135 Å². The van der Waals surface area contributed by atoms with E-state index < -0.39 is 0 Å². The summed E-state index contributed by atoms with van der Waals surface area (Å²) in [5.74, 6) is 1.02. The van der Waals surface area contributed by atoms with Gasteiger partial charge in [-0.05, 0) is 50.1 Å². The monoisotopic (exact) mass is 357 g/mol. The van der Waals surface area contributed by atoms with Gasteiger partial charge in [0, 0.05) is 27.9 Å². The molecular weight excluding hydrogens is 334 g/mol. The standard InChI is InChI=1S/C16H24BrNOS/c1-3-8-19-16-7-4-13(17)9-12(16)11-18-14-5-6-15(10-14)20-2/h4,7,9,14-15,18H,3,5-6,8,10-11H2,1-2H3. The number of rotatable bonds is 7. The van der Waals surface area contributed by atoms with Crippen molar-refractivity contribution >= 4 is 27.7 Å². The van der Waals surface area contributed by atoms with Crippen LogP contribution in [0.15, 0.2) is 22.7 Å². The van der Waals surface area contributed by atoms with Crippen LogP contribution in [-0.4, -0.2) is 24.2 Å². The summed E-state index contributed by atoms with van der Waals surface area (Å²) in [6.07, 6.45) is 7.19. The lowest BCUT2D eigenvalue weighted by molar-refractivity contribution is 0.312. The summed E-state index contributed by atoms with van der Waals surface area (Å²) < 4.78 is 6.95. The van der Waals surface area contributed by atoms with Crippen LogP contribution in [0.25, 0.3) is 0 Å². The first-order valence-electron chi connectivity index (χ1n) is 7.40. The van der Waals surface area contributed by atoms with Crippen molar-refractivity contribution in [1.29, 1.82) is 0 Å². The third kappa shape index (κ3) is 4.68. The van der Waals surface area contributed by atoms with E-state index in [0.717, 1.165) is 35.0 Å². The fourth-order valence-electron chi connectivity index (χ4n) is 2.63. The maximum absolute atomic E-state index is 5.83. The predicted molar refractivity (Wildman–Crippen MR) is 91.7 cm³/mol. The fourth-order valence-corrected chi connectivity index (χ4v) is 3.84. The van der Waals surface area contributed by atoms with Crippen LogP contribution < -0.4 is 10.1 Å². The van der Waals surface area contributed by atoms with Gasteiger partial charge in [-0.15, -0.1) is 0 Å². The molecule has 0 aromatic heterocycles. The summed E-state index contributed by atoms with van der Waals surface area (Å²) in [7, 11) is 0. The zero-order valence-electron chi connectivity index (χ0n) is 12.3. The predicted octanol–water partition coefficient (Wildman–Crippen LogP) is 4.61. The second-order valence-electron chi connectivity index (χ2n) is 5.35. The molecule has 4 heteroatoms. The number of thioether (sulfide) groups is 1. The van der Waals surface area contributed by atoms with Gasteiger partial charge in [0.1, 0.15) is 5.75 Å². The number of halogens is 1. The van der Waals surface area contributed by atoms with Crippen LogP contribution in [0.3, 0.4) is 0 Å². The molecule has 112 valence electrons. The molecule has 0 aliphatic heterocycles. The first-order valence-corrected chi connectivity index (χ1v) is 9.48. The smallest absolute Gasteiger partial charge is 0.123 e. The van der Waals surface area contributed by atoms with Crippen LogP contribution in [0.5, 0.6) is 5.75 Å². The molecule has 0 spiro atoms. The summed E-state index contributed by atoms with van der Waals surface area (Å²) in [5, 5.41) is 4.53. The summed E-state index contributed by atoms with van der Waals surface area (Å²) >= 11 is 5.55. The van der Waals surface area contributed by atoms with E-state index in [0.29, 0.717) is 6.04 Å². The van der Waals surface area contributed by atoms with Gasteiger partial charge < -0.3 is 10.1 Å². The minimum atomic E-state index is 0.658. The van der Waals surface area contributed by atoms with Crippen molar-refractivity contribution in [3.63, 3.8) is 0 Å². The van der Waals surface area contributed by atoms with Crippen molar-refractivity contribution in [2.45, 2.75) is 50.4 Å². The number of hydrogen-bond acceptors (Lipinski definition) is 3. The molecule has 2 unspecified atom stereocenters. The van der Waals surface area contributed by atoms with Gasteiger partial charge in [0.05, 0.1) is 6.61 Å².